The third kappa shape index (κ3) is 10.3. The number of aromatic nitrogens is 1. The number of carbonyl (C=O) groups excluding carboxylic acids is 2. The van der Waals surface area contributed by atoms with E-state index in [0.717, 1.165) is 49.7 Å². The Labute approximate surface area is 235 Å². The summed E-state index contributed by atoms with van der Waals surface area (Å²) >= 11 is 0. The van der Waals surface area contributed by atoms with E-state index in [2.05, 4.69) is 17.2 Å². The third-order valence-electron chi connectivity index (χ3n) is 6.25. The molecule has 3 aromatic rings. The molecule has 4 rings (SSSR count). The molecule has 7 nitrogen and oxygen atoms in total. The summed E-state index contributed by atoms with van der Waals surface area (Å²) in [6.45, 7) is 9.56. The number of hydrogen-bond donors (Lipinski definition) is 2. The number of carbonyl (C=O) groups is 2. The first-order chi connectivity index (χ1) is 19.3. The van der Waals surface area contributed by atoms with Gasteiger partial charge in [-0.2, -0.15) is 0 Å². The zero-order valence-corrected chi connectivity index (χ0v) is 23.6. The van der Waals surface area contributed by atoms with Gasteiger partial charge in [0.05, 0.1) is 11.8 Å². The molecule has 9 heteroatoms. The first kappa shape index (κ1) is 32.2. The van der Waals surface area contributed by atoms with Gasteiger partial charge in [0.2, 0.25) is 5.88 Å². The number of phenolic OH excluding ortho intramolecular Hbond substituents is 1. The molecule has 1 aromatic heterocycles. The van der Waals surface area contributed by atoms with Crippen molar-refractivity contribution in [3.63, 3.8) is 0 Å². The predicted octanol–water partition coefficient (Wildman–Crippen LogP) is 7.49. The Bertz CT molecular complexity index is 1210. The largest absolute Gasteiger partial charge is 0.508 e. The fraction of sp³-hybridized carbons (Fsp3) is 0.387. The van der Waals surface area contributed by atoms with Crippen LogP contribution < -0.4 is 10.1 Å². The second-order valence-electron chi connectivity index (χ2n) is 9.12. The Morgan fingerprint density at radius 1 is 1.05 bits per heavy atom. The summed E-state index contributed by atoms with van der Waals surface area (Å²) in [7, 11) is 0. The fourth-order valence-electron chi connectivity index (χ4n) is 4.15. The second-order valence-corrected chi connectivity index (χ2v) is 9.12. The van der Waals surface area contributed by atoms with Crippen LogP contribution in [0.3, 0.4) is 0 Å². The van der Waals surface area contributed by atoms with Crippen molar-refractivity contribution in [2.24, 2.45) is 5.92 Å². The van der Waals surface area contributed by atoms with E-state index < -0.39 is 11.6 Å². The van der Waals surface area contributed by atoms with Gasteiger partial charge in [0.15, 0.2) is 5.78 Å². The Morgan fingerprint density at radius 2 is 1.70 bits per heavy atom. The lowest BCUT2D eigenvalue weighted by atomic mass is 9.93. The normalized spacial score (nSPS) is 12.8. The highest BCUT2D eigenvalue weighted by atomic mass is 19.1. The van der Waals surface area contributed by atoms with Crippen LogP contribution in [0.4, 0.5) is 13.6 Å². The molecule has 216 valence electrons. The summed E-state index contributed by atoms with van der Waals surface area (Å²) < 4.78 is 31.0. The number of hydrogen-bond acceptors (Lipinski definition) is 5. The number of ether oxygens (including phenoxy) is 1. The standard InChI is InChI=1S/C16H24N2O2.C13H9F2NO2.C2H6/c1-2-5-13-8-10-18(11-9-13)16(20)17-12-14-6-3-4-7-15(14)19;1-8(17)12-6-10(15)7-16-13(12)18-11-4-2-9(14)3-5-11;1-2/h3-4,6-7,13,19H,2,5,8-12H2,1H3,(H,17,20);2-7H,1H3;1-2H3. The van der Waals surface area contributed by atoms with Crippen LogP contribution >= 0.6 is 0 Å². The number of pyridine rings is 1. The van der Waals surface area contributed by atoms with Gasteiger partial charge in [-0.05, 0) is 62.1 Å². The van der Waals surface area contributed by atoms with Crippen LogP contribution in [0.5, 0.6) is 17.4 Å². The van der Waals surface area contributed by atoms with Gasteiger partial charge < -0.3 is 20.1 Å². The highest BCUT2D eigenvalue weighted by Crippen LogP contribution is 2.24. The molecule has 0 atom stereocenters. The van der Waals surface area contributed by atoms with Crippen LogP contribution in [0.25, 0.3) is 0 Å². The highest BCUT2D eigenvalue weighted by molar-refractivity contribution is 5.96. The molecule has 1 fully saturated rings. The monoisotopic (exact) mass is 555 g/mol. The molecule has 0 aliphatic carbocycles. The molecule has 0 radical (unpaired) electrons. The smallest absolute Gasteiger partial charge is 0.317 e. The average molecular weight is 556 g/mol. The highest BCUT2D eigenvalue weighted by Gasteiger charge is 2.22. The van der Waals surface area contributed by atoms with Crippen LogP contribution in [0.1, 0.15) is 69.3 Å². The second kappa shape index (κ2) is 16.8. The molecular formula is C31H39F2N3O4. The topological polar surface area (TPSA) is 91.8 Å². The van der Waals surface area contributed by atoms with Crippen LogP contribution in [0, 0.1) is 17.6 Å². The minimum Gasteiger partial charge on any atom is -0.508 e. The molecule has 40 heavy (non-hydrogen) atoms. The first-order valence-electron chi connectivity index (χ1n) is 13.7. The van der Waals surface area contributed by atoms with E-state index in [0.29, 0.717) is 12.3 Å². The lowest BCUT2D eigenvalue weighted by Gasteiger charge is -2.32. The molecule has 0 spiro atoms. The van der Waals surface area contributed by atoms with Crippen LogP contribution in [0.2, 0.25) is 0 Å². The summed E-state index contributed by atoms with van der Waals surface area (Å²) in [6.07, 6.45) is 5.67. The Morgan fingerprint density at radius 3 is 2.30 bits per heavy atom. The molecule has 0 saturated carbocycles. The van der Waals surface area contributed by atoms with Crippen LogP contribution in [0.15, 0.2) is 60.8 Å². The molecule has 1 saturated heterocycles. The fourth-order valence-corrected chi connectivity index (χ4v) is 4.15. The van der Waals surface area contributed by atoms with E-state index in [1.54, 1.807) is 12.1 Å². The molecule has 0 bridgehead atoms. The third-order valence-corrected chi connectivity index (χ3v) is 6.25. The van der Waals surface area contributed by atoms with Gasteiger partial charge in [-0.3, -0.25) is 4.79 Å². The zero-order valence-electron chi connectivity index (χ0n) is 23.6. The predicted molar refractivity (Wildman–Crippen MR) is 152 cm³/mol. The van der Waals surface area contributed by atoms with Crippen molar-refractivity contribution in [3.05, 3.63) is 83.6 Å². The number of para-hydroxylation sites is 1. The first-order valence-corrected chi connectivity index (χ1v) is 13.7. The van der Waals surface area contributed by atoms with Gasteiger partial charge in [0.1, 0.15) is 23.1 Å². The van der Waals surface area contributed by atoms with E-state index >= 15 is 0 Å². The molecule has 2 heterocycles. The lowest BCUT2D eigenvalue weighted by molar-refractivity contribution is 0.101. The summed E-state index contributed by atoms with van der Waals surface area (Å²) in [5.41, 5.74) is 0.793. The van der Waals surface area contributed by atoms with Crippen molar-refractivity contribution < 1.29 is 28.2 Å². The number of phenols is 1. The van der Waals surface area contributed by atoms with Crippen LogP contribution in [-0.4, -0.2) is 39.9 Å². The maximum atomic E-state index is 13.0. The van der Waals surface area contributed by atoms with Gasteiger partial charge >= 0.3 is 6.03 Å². The van der Waals surface area contributed by atoms with Crippen molar-refractivity contribution in [3.8, 4) is 17.4 Å². The summed E-state index contributed by atoms with van der Waals surface area (Å²) in [6, 6.07) is 13.3. The van der Waals surface area contributed by atoms with Crippen molar-refractivity contribution in [2.45, 2.75) is 59.9 Å². The maximum Gasteiger partial charge on any atom is 0.317 e. The number of nitrogens with zero attached hydrogens (tertiary/aromatic N) is 2. The number of Topliss-reactive ketones (excluding diaryl/α,β-unsaturated/α-hetero) is 1. The molecule has 1 aliphatic rings. The number of halogens is 2. The minimum absolute atomic E-state index is 0.00416. The van der Waals surface area contributed by atoms with E-state index in [4.69, 9.17) is 4.74 Å². The molecule has 1 aliphatic heterocycles. The average Bonchev–Trinajstić information content (AvgIpc) is 2.96. The Balaban J connectivity index is 0.000000265. The van der Waals surface area contributed by atoms with Crippen molar-refractivity contribution in [1.82, 2.24) is 15.2 Å². The van der Waals surface area contributed by atoms with Gasteiger partial charge in [0.25, 0.3) is 0 Å². The summed E-state index contributed by atoms with van der Waals surface area (Å²) in [4.78, 5) is 29.0. The number of urea groups is 1. The number of rotatable bonds is 7. The van der Waals surface area contributed by atoms with E-state index in [-0.39, 0.29) is 29.0 Å². The zero-order chi connectivity index (χ0) is 29.5. The minimum atomic E-state index is -0.619. The SMILES string of the molecule is CC.CC(=O)c1cc(F)cnc1Oc1ccc(F)cc1.CCCC1CCN(C(=O)NCc2ccccc2O)CC1. The van der Waals surface area contributed by atoms with E-state index in [9.17, 15) is 23.5 Å². The number of amides is 2. The van der Waals surface area contributed by atoms with Crippen molar-refractivity contribution >= 4 is 11.8 Å². The number of ketones is 1. The number of piperidine rings is 1. The van der Waals surface area contributed by atoms with Crippen molar-refractivity contribution in [1.29, 1.82) is 0 Å². The lowest BCUT2D eigenvalue weighted by Crippen LogP contribution is -2.44. The molecule has 2 aromatic carbocycles. The Hall–Kier alpha value is -4.01. The van der Waals surface area contributed by atoms with Crippen LogP contribution in [-0.2, 0) is 6.54 Å². The number of benzene rings is 2. The quantitative estimate of drug-likeness (QED) is 0.295. The Kier molecular flexibility index (Phi) is 13.6. The van der Waals surface area contributed by atoms with E-state index in [1.807, 2.05) is 30.9 Å². The van der Waals surface area contributed by atoms with Gasteiger partial charge in [-0.1, -0.05) is 51.8 Å². The molecule has 2 amide bonds. The van der Waals surface area contributed by atoms with Gasteiger partial charge in [-0.25, -0.2) is 18.6 Å². The van der Waals surface area contributed by atoms with Crippen molar-refractivity contribution in [2.75, 3.05) is 13.1 Å². The van der Waals surface area contributed by atoms with Gasteiger partial charge in [0, 0.05) is 25.2 Å². The summed E-state index contributed by atoms with van der Waals surface area (Å²) in [5.74, 6) is -0.0582. The van der Waals surface area contributed by atoms with Gasteiger partial charge in [-0.15, -0.1) is 0 Å². The number of aromatic hydroxyl groups is 1. The van der Waals surface area contributed by atoms with E-state index in [1.165, 1.54) is 44.0 Å². The summed E-state index contributed by atoms with van der Waals surface area (Å²) in [5, 5.41) is 12.5. The molecular weight excluding hydrogens is 516 g/mol. The number of nitrogens with one attached hydrogen (secondary N) is 1. The number of likely N-dealkylation sites (tertiary alicyclic amines) is 1. The molecule has 0 unspecified atom stereocenters. The maximum absolute atomic E-state index is 13.0. The molecule has 2 N–H and O–H groups in total.